The molecule has 1 fully saturated rings. The molecule has 3 rings (SSSR count). The summed E-state index contributed by atoms with van der Waals surface area (Å²) in [6, 6.07) is 0. The Hall–Kier alpha value is -1.95. The van der Waals surface area contributed by atoms with Crippen molar-refractivity contribution in [2.24, 2.45) is 0 Å². The summed E-state index contributed by atoms with van der Waals surface area (Å²) < 4.78 is 65.4. The number of aryl methyl sites for hydroxylation is 1. The third-order valence-corrected chi connectivity index (χ3v) is 6.50. The van der Waals surface area contributed by atoms with Crippen molar-refractivity contribution in [1.82, 2.24) is 24.1 Å². The quantitative estimate of drug-likeness (QED) is 0.781. The van der Waals surface area contributed by atoms with Gasteiger partial charge in [0, 0.05) is 37.3 Å². The van der Waals surface area contributed by atoms with Crippen LogP contribution in [-0.4, -0.2) is 64.5 Å². The minimum atomic E-state index is -4.67. The number of sulfonamides is 1. The van der Waals surface area contributed by atoms with Gasteiger partial charge < -0.3 is 4.90 Å². The Morgan fingerprint density at radius 3 is 2.19 bits per heavy atom. The van der Waals surface area contributed by atoms with Gasteiger partial charge in [0.25, 0.3) is 5.82 Å². The van der Waals surface area contributed by atoms with Crippen LogP contribution in [0.4, 0.5) is 19.0 Å². The Labute approximate surface area is 148 Å². The fraction of sp³-hybridized carbons (Fsp3) is 0.643. The highest BCUT2D eigenvalue weighted by molar-refractivity contribution is 7.89. The van der Waals surface area contributed by atoms with Crippen molar-refractivity contribution >= 4 is 21.5 Å². The molecular formula is C14H19F3N6O2S. The number of piperazine rings is 1. The van der Waals surface area contributed by atoms with Crippen molar-refractivity contribution < 1.29 is 21.6 Å². The zero-order valence-electron chi connectivity index (χ0n) is 14.6. The molecule has 2 aromatic heterocycles. The highest BCUT2D eigenvalue weighted by Crippen LogP contribution is 2.30. The number of rotatable bonds is 3. The number of aromatic nitrogens is 4. The van der Waals surface area contributed by atoms with Gasteiger partial charge in [0.2, 0.25) is 10.0 Å². The molecule has 0 unspecified atom stereocenters. The molecule has 8 nitrogen and oxygen atoms in total. The summed E-state index contributed by atoms with van der Waals surface area (Å²) >= 11 is 0. The first-order valence-electron chi connectivity index (χ1n) is 8.09. The zero-order valence-corrected chi connectivity index (χ0v) is 15.4. The fourth-order valence-corrected chi connectivity index (χ4v) is 4.04. The highest BCUT2D eigenvalue weighted by atomic mass is 32.2. The lowest BCUT2D eigenvalue weighted by Gasteiger charge is -2.35. The Kier molecular flexibility index (Phi) is 4.59. The molecular weight excluding hydrogens is 373 g/mol. The van der Waals surface area contributed by atoms with E-state index in [4.69, 9.17) is 0 Å². The predicted octanol–water partition coefficient (Wildman–Crippen LogP) is 1.23. The minimum Gasteiger partial charge on any atom is -0.352 e. The van der Waals surface area contributed by atoms with E-state index in [0.717, 1.165) is 0 Å². The van der Waals surface area contributed by atoms with Gasteiger partial charge in [-0.1, -0.05) is 0 Å². The van der Waals surface area contributed by atoms with Crippen LogP contribution in [0, 0.1) is 13.8 Å². The maximum atomic E-state index is 13.1. The van der Waals surface area contributed by atoms with Crippen molar-refractivity contribution in [3.63, 3.8) is 0 Å². The summed E-state index contributed by atoms with van der Waals surface area (Å²) in [5.41, 5.74) is 1.32. The summed E-state index contributed by atoms with van der Waals surface area (Å²) in [4.78, 5) is 1.80. The van der Waals surface area contributed by atoms with Crippen LogP contribution in [-0.2, 0) is 16.2 Å². The largest absolute Gasteiger partial charge is 0.453 e. The molecule has 0 saturated carbocycles. The van der Waals surface area contributed by atoms with E-state index in [1.54, 1.807) is 25.7 Å². The molecule has 0 N–H and O–H groups in total. The van der Waals surface area contributed by atoms with E-state index in [1.807, 2.05) is 0 Å². The van der Waals surface area contributed by atoms with E-state index in [1.165, 1.54) is 4.31 Å². The first kappa shape index (κ1) is 18.8. The summed E-state index contributed by atoms with van der Waals surface area (Å²) in [6.07, 6.45) is -4.67. The third kappa shape index (κ3) is 3.11. The lowest BCUT2D eigenvalue weighted by Crippen LogP contribution is -2.49. The van der Waals surface area contributed by atoms with E-state index in [9.17, 15) is 21.6 Å². The topological polar surface area (TPSA) is 83.7 Å². The second-order valence-electron chi connectivity index (χ2n) is 6.12. The number of nitrogens with zero attached hydrogens (tertiary/aromatic N) is 6. The molecule has 1 aliphatic rings. The van der Waals surface area contributed by atoms with Gasteiger partial charge in [0.05, 0.1) is 5.75 Å². The Balaban J connectivity index is 1.97. The summed E-state index contributed by atoms with van der Waals surface area (Å²) in [5.74, 6) is -0.775. The van der Waals surface area contributed by atoms with Crippen LogP contribution in [0.1, 0.15) is 23.9 Å². The van der Waals surface area contributed by atoms with Crippen LogP contribution in [0.3, 0.4) is 0 Å². The van der Waals surface area contributed by atoms with Crippen molar-refractivity contribution in [1.29, 1.82) is 0 Å². The molecule has 0 aliphatic carbocycles. The van der Waals surface area contributed by atoms with E-state index in [-0.39, 0.29) is 24.5 Å². The van der Waals surface area contributed by atoms with Crippen LogP contribution in [0.15, 0.2) is 0 Å². The monoisotopic (exact) mass is 392 g/mol. The number of hydrogen-bond acceptors (Lipinski definition) is 6. The lowest BCUT2D eigenvalue weighted by atomic mass is 10.1. The van der Waals surface area contributed by atoms with E-state index < -0.39 is 22.0 Å². The minimum absolute atomic E-state index is 0.0188. The van der Waals surface area contributed by atoms with Crippen LogP contribution >= 0.6 is 0 Å². The standard InChI is InChI=1S/C14H19F3N6O2S/c1-4-26(24,25)22-7-5-21(6-8-22)12-10(3)9(2)11-18-19-13(14(15,16)17)23(11)20-12/h4-8H2,1-3H3. The van der Waals surface area contributed by atoms with Crippen molar-refractivity contribution in [3.8, 4) is 0 Å². The molecule has 3 heterocycles. The van der Waals surface area contributed by atoms with Crippen LogP contribution in [0.25, 0.3) is 5.65 Å². The molecule has 0 radical (unpaired) electrons. The van der Waals surface area contributed by atoms with Gasteiger partial charge in [-0.25, -0.2) is 8.42 Å². The third-order valence-electron chi connectivity index (χ3n) is 4.62. The molecule has 1 aliphatic heterocycles. The molecule has 0 atom stereocenters. The van der Waals surface area contributed by atoms with E-state index in [0.29, 0.717) is 34.5 Å². The first-order valence-corrected chi connectivity index (χ1v) is 9.69. The summed E-state index contributed by atoms with van der Waals surface area (Å²) in [6.45, 7) is 6.24. The Morgan fingerprint density at radius 1 is 1.04 bits per heavy atom. The Bertz CT molecular complexity index is 932. The lowest BCUT2D eigenvalue weighted by molar-refractivity contribution is -0.146. The van der Waals surface area contributed by atoms with Crippen LogP contribution in [0.2, 0.25) is 0 Å². The predicted molar refractivity (Wildman–Crippen MR) is 88.5 cm³/mol. The summed E-state index contributed by atoms with van der Waals surface area (Å²) in [5, 5.41) is 11.0. The second-order valence-corrected chi connectivity index (χ2v) is 8.37. The normalized spacial score (nSPS) is 17.2. The first-order chi connectivity index (χ1) is 12.1. The molecule has 26 heavy (non-hydrogen) atoms. The molecule has 12 heteroatoms. The Morgan fingerprint density at radius 2 is 1.65 bits per heavy atom. The van der Waals surface area contributed by atoms with Gasteiger partial charge >= 0.3 is 6.18 Å². The maximum absolute atomic E-state index is 13.1. The number of fused-ring (bicyclic) bond motifs is 1. The molecule has 0 bridgehead atoms. The molecule has 144 valence electrons. The van der Waals surface area contributed by atoms with Crippen LogP contribution in [0.5, 0.6) is 0 Å². The van der Waals surface area contributed by atoms with E-state index >= 15 is 0 Å². The van der Waals surface area contributed by atoms with Crippen LogP contribution < -0.4 is 4.90 Å². The van der Waals surface area contributed by atoms with Gasteiger partial charge in [-0.3, -0.25) is 0 Å². The highest BCUT2D eigenvalue weighted by Gasteiger charge is 2.38. The van der Waals surface area contributed by atoms with E-state index in [2.05, 4.69) is 15.3 Å². The van der Waals surface area contributed by atoms with Gasteiger partial charge in [-0.2, -0.15) is 22.0 Å². The average molecular weight is 392 g/mol. The number of anilines is 1. The molecule has 1 saturated heterocycles. The molecule has 2 aromatic rings. The molecule has 0 aromatic carbocycles. The number of alkyl halides is 3. The van der Waals surface area contributed by atoms with Gasteiger partial charge in [-0.15, -0.1) is 15.3 Å². The zero-order chi connectivity index (χ0) is 19.3. The maximum Gasteiger partial charge on any atom is 0.453 e. The smallest absolute Gasteiger partial charge is 0.352 e. The van der Waals surface area contributed by atoms with Crippen molar-refractivity contribution in [3.05, 3.63) is 17.0 Å². The molecule has 0 spiro atoms. The summed E-state index contributed by atoms with van der Waals surface area (Å²) in [7, 11) is -3.28. The second kappa shape index (κ2) is 6.34. The van der Waals surface area contributed by atoms with Gasteiger partial charge in [0.15, 0.2) is 11.5 Å². The van der Waals surface area contributed by atoms with Crippen molar-refractivity contribution in [2.45, 2.75) is 26.9 Å². The fourth-order valence-electron chi connectivity index (χ4n) is 2.95. The van der Waals surface area contributed by atoms with Gasteiger partial charge in [-0.05, 0) is 20.8 Å². The number of halogens is 3. The van der Waals surface area contributed by atoms with Gasteiger partial charge in [0.1, 0.15) is 0 Å². The molecule has 0 amide bonds. The number of hydrogen-bond donors (Lipinski definition) is 0. The SMILES string of the molecule is CCS(=O)(=O)N1CCN(c2nn3c(C(F)(F)F)nnc3c(C)c2C)CC1. The van der Waals surface area contributed by atoms with Crippen molar-refractivity contribution in [2.75, 3.05) is 36.8 Å². The average Bonchev–Trinajstić information content (AvgIpc) is 3.02.